The third kappa shape index (κ3) is 5.66. The van der Waals surface area contributed by atoms with Crippen LogP contribution in [-0.4, -0.2) is 28.6 Å². The molecule has 1 atom stereocenters. The fourth-order valence-electron chi connectivity index (χ4n) is 4.42. The molecule has 0 aromatic heterocycles. The Bertz CT molecular complexity index is 588. The van der Waals surface area contributed by atoms with Gasteiger partial charge in [-0.05, 0) is 49.7 Å². The molecule has 0 saturated heterocycles. The number of rotatable bonds is 13. The minimum Gasteiger partial charge on any atom is -0.274 e. The molecule has 0 aliphatic carbocycles. The van der Waals surface area contributed by atoms with Crippen LogP contribution in [0.1, 0.15) is 98.8 Å². The molecule has 1 aliphatic rings. The van der Waals surface area contributed by atoms with Crippen LogP contribution in [0.5, 0.6) is 0 Å². The number of alkyl halides is 1. The monoisotopic (exact) mass is 435 g/mol. The quantitative estimate of drug-likeness (QED) is 0.198. The molecule has 1 aromatic rings. The summed E-state index contributed by atoms with van der Waals surface area (Å²) >= 11 is 3.66. The SMILES string of the molecule is CCCCC(CCC)(CCBr)CCCCCN1C(=O)c2ccccc2C1=O. The maximum Gasteiger partial charge on any atom is 0.261 e. The third-order valence-corrected chi connectivity index (χ3v) is 6.33. The van der Waals surface area contributed by atoms with Gasteiger partial charge in [-0.25, -0.2) is 0 Å². The van der Waals surface area contributed by atoms with E-state index in [0.717, 1.165) is 18.2 Å². The van der Waals surface area contributed by atoms with Crippen molar-refractivity contribution < 1.29 is 9.59 Å². The Labute approximate surface area is 173 Å². The number of amides is 2. The maximum atomic E-state index is 12.4. The van der Waals surface area contributed by atoms with Crippen LogP contribution < -0.4 is 0 Å². The third-order valence-electron chi connectivity index (χ3n) is 5.93. The van der Waals surface area contributed by atoms with Crippen LogP contribution in [-0.2, 0) is 0 Å². The largest absolute Gasteiger partial charge is 0.274 e. The standard InChI is InChI=1S/C23H34BrNO2/c1-3-5-14-23(13-4-2,16-17-24)15-9-6-10-18-25-21(26)19-11-7-8-12-20(19)22(25)27/h7-8,11-12H,3-6,9-10,13-18H2,1-2H3. The smallest absolute Gasteiger partial charge is 0.261 e. The average Bonchev–Trinajstić information content (AvgIpc) is 2.91. The lowest BCUT2D eigenvalue weighted by atomic mass is 9.73. The first kappa shape index (κ1) is 22.1. The molecule has 4 heteroatoms. The van der Waals surface area contributed by atoms with E-state index in [-0.39, 0.29) is 11.8 Å². The second kappa shape index (κ2) is 11.0. The lowest BCUT2D eigenvalue weighted by Crippen LogP contribution is -2.30. The van der Waals surface area contributed by atoms with Crippen molar-refractivity contribution in [1.29, 1.82) is 0 Å². The van der Waals surface area contributed by atoms with Crippen LogP contribution in [0.25, 0.3) is 0 Å². The molecule has 27 heavy (non-hydrogen) atoms. The summed E-state index contributed by atoms with van der Waals surface area (Å²) in [5.74, 6) is -0.253. The molecule has 0 bridgehead atoms. The molecule has 1 heterocycles. The first-order chi connectivity index (χ1) is 13.1. The number of imide groups is 1. The summed E-state index contributed by atoms with van der Waals surface area (Å²) < 4.78 is 0. The van der Waals surface area contributed by atoms with Gasteiger partial charge in [-0.15, -0.1) is 0 Å². The van der Waals surface area contributed by atoms with Gasteiger partial charge in [-0.3, -0.25) is 14.5 Å². The number of fused-ring (bicyclic) bond motifs is 1. The van der Waals surface area contributed by atoms with Gasteiger partial charge in [0.15, 0.2) is 0 Å². The molecule has 0 saturated carbocycles. The van der Waals surface area contributed by atoms with Crippen molar-refractivity contribution in [2.45, 2.75) is 78.1 Å². The van der Waals surface area contributed by atoms with Crippen LogP contribution in [0.15, 0.2) is 24.3 Å². The summed E-state index contributed by atoms with van der Waals surface area (Å²) in [7, 11) is 0. The van der Waals surface area contributed by atoms with Crippen molar-refractivity contribution in [3.05, 3.63) is 35.4 Å². The number of carbonyl (C=O) groups is 2. The number of benzene rings is 1. The molecule has 0 N–H and O–H groups in total. The molecule has 2 rings (SSSR count). The summed E-state index contributed by atoms with van der Waals surface area (Å²) in [5, 5.41) is 1.08. The Hall–Kier alpha value is -1.16. The van der Waals surface area contributed by atoms with E-state index in [1.807, 2.05) is 12.1 Å². The number of hydrogen-bond donors (Lipinski definition) is 0. The Morgan fingerprint density at radius 2 is 1.44 bits per heavy atom. The van der Waals surface area contributed by atoms with E-state index in [4.69, 9.17) is 0 Å². The molecule has 1 unspecified atom stereocenters. The Balaban J connectivity index is 1.82. The van der Waals surface area contributed by atoms with Crippen LogP contribution in [0.4, 0.5) is 0 Å². The number of hydrogen-bond acceptors (Lipinski definition) is 2. The highest BCUT2D eigenvalue weighted by Gasteiger charge is 2.34. The fraction of sp³-hybridized carbons (Fsp3) is 0.652. The van der Waals surface area contributed by atoms with Gasteiger partial charge < -0.3 is 0 Å². The molecule has 0 fully saturated rings. The van der Waals surface area contributed by atoms with Gasteiger partial charge in [-0.1, -0.05) is 74.0 Å². The highest BCUT2D eigenvalue weighted by molar-refractivity contribution is 9.09. The summed E-state index contributed by atoms with van der Waals surface area (Å²) in [6.07, 6.45) is 12.1. The number of unbranched alkanes of at least 4 members (excludes halogenated alkanes) is 3. The van der Waals surface area contributed by atoms with Crippen molar-refractivity contribution in [2.24, 2.45) is 5.41 Å². The molecule has 0 radical (unpaired) electrons. The predicted molar refractivity (Wildman–Crippen MR) is 116 cm³/mol. The van der Waals surface area contributed by atoms with Gasteiger partial charge in [0.25, 0.3) is 11.8 Å². The average molecular weight is 436 g/mol. The van der Waals surface area contributed by atoms with Crippen molar-refractivity contribution in [3.8, 4) is 0 Å². The van der Waals surface area contributed by atoms with E-state index in [1.54, 1.807) is 12.1 Å². The van der Waals surface area contributed by atoms with Crippen LogP contribution >= 0.6 is 15.9 Å². The lowest BCUT2D eigenvalue weighted by Gasteiger charge is -2.34. The molecule has 150 valence electrons. The Morgan fingerprint density at radius 1 is 0.815 bits per heavy atom. The summed E-state index contributed by atoms with van der Waals surface area (Å²) in [5.41, 5.74) is 1.58. The Morgan fingerprint density at radius 3 is 2.00 bits per heavy atom. The fourth-order valence-corrected chi connectivity index (χ4v) is 5.26. The summed E-state index contributed by atoms with van der Waals surface area (Å²) in [6.45, 7) is 5.10. The van der Waals surface area contributed by atoms with E-state index >= 15 is 0 Å². The van der Waals surface area contributed by atoms with Gasteiger partial charge in [-0.2, -0.15) is 0 Å². The number of halogens is 1. The molecule has 1 aliphatic heterocycles. The van der Waals surface area contributed by atoms with Gasteiger partial charge in [0.1, 0.15) is 0 Å². The van der Waals surface area contributed by atoms with E-state index in [2.05, 4.69) is 29.8 Å². The van der Waals surface area contributed by atoms with Gasteiger partial charge in [0.2, 0.25) is 0 Å². The van der Waals surface area contributed by atoms with E-state index < -0.39 is 0 Å². The number of nitrogens with zero attached hydrogens (tertiary/aromatic N) is 1. The van der Waals surface area contributed by atoms with Crippen molar-refractivity contribution in [3.63, 3.8) is 0 Å². The maximum absolute atomic E-state index is 12.4. The van der Waals surface area contributed by atoms with Gasteiger partial charge >= 0.3 is 0 Å². The predicted octanol–water partition coefficient (Wildman–Crippen LogP) is 6.60. The molecule has 3 nitrogen and oxygen atoms in total. The number of carbonyl (C=O) groups excluding carboxylic acids is 2. The zero-order valence-corrected chi connectivity index (χ0v) is 18.5. The summed E-state index contributed by atoms with van der Waals surface area (Å²) in [4.78, 5) is 26.3. The highest BCUT2D eigenvalue weighted by atomic mass is 79.9. The zero-order valence-electron chi connectivity index (χ0n) is 16.9. The van der Waals surface area contributed by atoms with E-state index in [1.165, 1.54) is 56.3 Å². The van der Waals surface area contributed by atoms with Gasteiger partial charge in [0, 0.05) is 11.9 Å². The summed E-state index contributed by atoms with van der Waals surface area (Å²) in [6, 6.07) is 7.15. The van der Waals surface area contributed by atoms with E-state index in [0.29, 0.717) is 23.1 Å². The molecular weight excluding hydrogens is 402 g/mol. The van der Waals surface area contributed by atoms with Crippen molar-refractivity contribution in [2.75, 3.05) is 11.9 Å². The first-order valence-electron chi connectivity index (χ1n) is 10.6. The minimum atomic E-state index is -0.127. The normalized spacial score (nSPS) is 15.9. The lowest BCUT2D eigenvalue weighted by molar-refractivity contribution is 0.0650. The highest BCUT2D eigenvalue weighted by Crippen LogP contribution is 2.40. The molecule has 0 spiro atoms. The molecule has 2 amide bonds. The zero-order chi connectivity index (χ0) is 19.7. The van der Waals surface area contributed by atoms with Crippen LogP contribution in [0.3, 0.4) is 0 Å². The molecule has 1 aromatic carbocycles. The second-order valence-electron chi connectivity index (χ2n) is 7.91. The van der Waals surface area contributed by atoms with Crippen LogP contribution in [0.2, 0.25) is 0 Å². The Kier molecular flexibility index (Phi) is 9.01. The van der Waals surface area contributed by atoms with E-state index in [9.17, 15) is 9.59 Å². The first-order valence-corrected chi connectivity index (χ1v) is 11.7. The van der Waals surface area contributed by atoms with Crippen molar-refractivity contribution >= 4 is 27.7 Å². The van der Waals surface area contributed by atoms with Crippen LogP contribution in [0, 0.1) is 5.41 Å². The van der Waals surface area contributed by atoms with Crippen molar-refractivity contribution in [1.82, 2.24) is 4.90 Å². The van der Waals surface area contributed by atoms with Gasteiger partial charge in [0.05, 0.1) is 11.1 Å². The topological polar surface area (TPSA) is 37.4 Å². The molecular formula is C23H34BrNO2. The second-order valence-corrected chi connectivity index (χ2v) is 8.70. The minimum absolute atomic E-state index is 0.127.